The Morgan fingerprint density at radius 1 is 1.47 bits per heavy atom. The van der Waals surface area contributed by atoms with E-state index in [1.807, 2.05) is 26.0 Å². The number of hydrogen-bond acceptors (Lipinski definition) is 4. The zero-order valence-corrected chi connectivity index (χ0v) is 11.2. The lowest BCUT2D eigenvalue weighted by Gasteiger charge is -2.15. The van der Waals surface area contributed by atoms with Crippen molar-refractivity contribution < 1.29 is 0 Å². The number of H-pyrrole nitrogens is 1. The van der Waals surface area contributed by atoms with E-state index in [-0.39, 0.29) is 6.04 Å². The zero-order chi connectivity index (χ0) is 12.4. The minimum absolute atomic E-state index is 0.0526. The van der Waals surface area contributed by atoms with E-state index < -0.39 is 0 Å². The molecule has 0 saturated carbocycles. The summed E-state index contributed by atoms with van der Waals surface area (Å²) in [5.74, 6) is 0.798. The van der Waals surface area contributed by atoms with Crippen molar-refractivity contribution in [1.29, 1.82) is 0 Å². The third kappa shape index (κ3) is 2.58. The third-order valence-corrected chi connectivity index (χ3v) is 3.23. The Hall–Kier alpha value is -1.56. The van der Waals surface area contributed by atoms with Gasteiger partial charge in [-0.05, 0) is 47.5 Å². The van der Waals surface area contributed by atoms with Crippen LogP contribution in [0.3, 0.4) is 0 Å². The molecule has 4 N–H and O–H groups in total. The van der Waals surface area contributed by atoms with E-state index >= 15 is 0 Å². The van der Waals surface area contributed by atoms with Crippen molar-refractivity contribution in [2.45, 2.75) is 19.9 Å². The van der Waals surface area contributed by atoms with Crippen LogP contribution >= 0.6 is 15.9 Å². The van der Waals surface area contributed by atoms with Gasteiger partial charge in [-0.3, -0.25) is 5.10 Å². The summed E-state index contributed by atoms with van der Waals surface area (Å²) in [6.07, 6.45) is 1.50. The summed E-state index contributed by atoms with van der Waals surface area (Å²) in [7, 11) is 0. The van der Waals surface area contributed by atoms with Gasteiger partial charge in [-0.15, -0.1) is 0 Å². The van der Waals surface area contributed by atoms with E-state index in [9.17, 15) is 0 Å². The number of nitrogens with two attached hydrogens (primary N) is 1. The van der Waals surface area contributed by atoms with Crippen LogP contribution in [0.5, 0.6) is 0 Å². The van der Waals surface area contributed by atoms with Crippen LogP contribution in [0.4, 0.5) is 11.4 Å². The fraction of sp³-hybridized carbons (Fsp3) is 0.273. The molecule has 0 aliphatic rings. The van der Waals surface area contributed by atoms with Gasteiger partial charge in [0.05, 0.1) is 6.04 Å². The molecule has 90 valence electrons. The highest BCUT2D eigenvalue weighted by atomic mass is 79.9. The molecule has 5 nitrogen and oxygen atoms in total. The normalized spacial score (nSPS) is 12.4. The standard InChI is InChI=1S/C11H14BrN5/c1-6-3-10(8(12)4-9(6)13)16-7(2)11-14-5-15-17-11/h3-5,7,16H,13H2,1-2H3,(H,14,15,17). The van der Waals surface area contributed by atoms with Crippen LogP contribution in [0.15, 0.2) is 22.9 Å². The smallest absolute Gasteiger partial charge is 0.146 e. The van der Waals surface area contributed by atoms with Gasteiger partial charge in [0, 0.05) is 15.8 Å². The molecule has 0 spiro atoms. The molecule has 17 heavy (non-hydrogen) atoms. The Balaban J connectivity index is 2.22. The van der Waals surface area contributed by atoms with Gasteiger partial charge >= 0.3 is 0 Å². The first kappa shape index (κ1) is 11.9. The first-order chi connectivity index (χ1) is 8.08. The van der Waals surface area contributed by atoms with Gasteiger partial charge in [0.2, 0.25) is 0 Å². The first-order valence-electron chi connectivity index (χ1n) is 5.25. The van der Waals surface area contributed by atoms with Crippen molar-refractivity contribution in [3.8, 4) is 0 Å². The molecule has 1 atom stereocenters. The van der Waals surface area contributed by atoms with Crippen LogP contribution in [-0.4, -0.2) is 15.2 Å². The number of rotatable bonds is 3. The van der Waals surface area contributed by atoms with Crippen LogP contribution in [0.25, 0.3) is 0 Å². The minimum Gasteiger partial charge on any atom is -0.398 e. The van der Waals surface area contributed by atoms with Crippen LogP contribution in [-0.2, 0) is 0 Å². The number of nitrogen functional groups attached to an aromatic ring is 1. The summed E-state index contributed by atoms with van der Waals surface area (Å²) in [6.45, 7) is 3.99. The van der Waals surface area contributed by atoms with Gasteiger partial charge in [-0.2, -0.15) is 5.10 Å². The van der Waals surface area contributed by atoms with Crippen molar-refractivity contribution in [1.82, 2.24) is 15.2 Å². The summed E-state index contributed by atoms with van der Waals surface area (Å²) < 4.78 is 0.937. The maximum atomic E-state index is 5.83. The van der Waals surface area contributed by atoms with E-state index in [0.29, 0.717) is 0 Å². The van der Waals surface area contributed by atoms with Crippen LogP contribution < -0.4 is 11.1 Å². The van der Waals surface area contributed by atoms with Crippen molar-refractivity contribution in [2.75, 3.05) is 11.1 Å². The van der Waals surface area contributed by atoms with E-state index in [0.717, 1.165) is 27.2 Å². The van der Waals surface area contributed by atoms with E-state index in [2.05, 4.69) is 36.4 Å². The number of anilines is 2. The maximum absolute atomic E-state index is 5.83. The Kier molecular flexibility index (Phi) is 3.33. The molecule has 2 aromatic rings. The van der Waals surface area contributed by atoms with Crippen molar-refractivity contribution in [3.63, 3.8) is 0 Å². The Labute approximate surface area is 108 Å². The predicted molar refractivity (Wildman–Crippen MR) is 71.7 cm³/mol. The lowest BCUT2D eigenvalue weighted by Crippen LogP contribution is -2.09. The predicted octanol–water partition coefficient (Wildman–Crippen LogP) is 2.63. The number of nitrogens with one attached hydrogen (secondary N) is 2. The van der Waals surface area contributed by atoms with Gasteiger partial charge in [-0.25, -0.2) is 4.98 Å². The highest BCUT2D eigenvalue weighted by Gasteiger charge is 2.10. The summed E-state index contributed by atoms with van der Waals surface area (Å²) in [6, 6.07) is 3.95. The summed E-state index contributed by atoms with van der Waals surface area (Å²) >= 11 is 3.48. The lowest BCUT2D eigenvalue weighted by atomic mass is 10.1. The zero-order valence-electron chi connectivity index (χ0n) is 9.66. The summed E-state index contributed by atoms with van der Waals surface area (Å²) in [5, 5.41) is 10.0. The lowest BCUT2D eigenvalue weighted by molar-refractivity contribution is 0.795. The average Bonchev–Trinajstić information content (AvgIpc) is 2.79. The Morgan fingerprint density at radius 3 is 2.88 bits per heavy atom. The summed E-state index contributed by atoms with van der Waals surface area (Å²) in [4.78, 5) is 4.11. The molecule has 0 aliphatic heterocycles. The number of hydrogen-bond donors (Lipinski definition) is 3. The Morgan fingerprint density at radius 2 is 2.24 bits per heavy atom. The molecule has 0 radical (unpaired) electrons. The van der Waals surface area contributed by atoms with Crippen molar-refractivity contribution in [2.24, 2.45) is 0 Å². The molecular formula is C11H14BrN5. The van der Waals surface area contributed by atoms with Crippen LogP contribution in [0.1, 0.15) is 24.4 Å². The topological polar surface area (TPSA) is 79.6 Å². The van der Waals surface area contributed by atoms with Crippen LogP contribution in [0.2, 0.25) is 0 Å². The number of aryl methyl sites for hydroxylation is 1. The highest BCUT2D eigenvalue weighted by Crippen LogP contribution is 2.29. The fourth-order valence-corrected chi connectivity index (χ4v) is 2.01. The number of halogens is 1. The number of nitrogens with zero attached hydrogens (tertiary/aromatic N) is 2. The second-order valence-electron chi connectivity index (χ2n) is 3.93. The second-order valence-corrected chi connectivity index (χ2v) is 4.78. The summed E-state index contributed by atoms with van der Waals surface area (Å²) in [5.41, 5.74) is 8.63. The molecule has 6 heteroatoms. The molecule has 2 rings (SSSR count). The molecule has 1 aromatic heterocycles. The second kappa shape index (κ2) is 4.75. The van der Waals surface area contributed by atoms with Crippen LogP contribution in [0, 0.1) is 6.92 Å². The minimum atomic E-state index is 0.0526. The van der Waals surface area contributed by atoms with Gasteiger partial charge in [-0.1, -0.05) is 0 Å². The largest absolute Gasteiger partial charge is 0.398 e. The quantitative estimate of drug-likeness (QED) is 0.761. The molecule has 0 bridgehead atoms. The van der Waals surface area contributed by atoms with E-state index in [1.54, 1.807) is 0 Å². The molecule has 0 amide bonds. The number of aromatic amines is 1. The first-order valence-corrected chi connectivity index (χ1v) is 6.04. The van der Waals surface area contributed by atoms with Crippen molar-refractivity contribution >= 4 is 27.3 Å². The third-order valence-electron chi connectivity index (χ3n) is 2.57. The Bertz CT molecular complexity index is 509. The number of aromatic nitrogens is 3. The van der Waals surface area contributed by atoms with Crippen molar-refractivity contribution in [3.05, 3.63) is 34.3 Å². The molecular weight excluding hydrogens is 282 g/mol. The van der Waals surface area contributed by atoms with E-state index in [4.69, 9.17) is 5.73 Å². The van der Waals surface area contributed by atoms with Gasteiger partial charge in [0.1, 0.15) is 12.2 Å². The fourth-order valence-electron chi connectivity index (χ4n) is 1.53. The van der Waals surface area contributed by atoms with E-state index in [1.165, 1.54) is 6.33 Å². The van der Waals surface area contributed by atoms with Gasteiger partial charge in [0.15, 0.2) is 0 Å². The molecule has 1 unspecified atom stereocenters. The molecule has 1 heterocycles. The monoisotopic (exact) mass is 295 g/mol. The van der Waals surface area contributed by atoms with Gasteiger partial charge < -0.3 is 11.1 Å². The number of benzene rings is 1. The average molecular weight is 296 g/mol. The molecule has 1 aromatic carbocycles. The maximum Gasteiger partial charge on any atom is 0.146 e. The molecule has 0 saturated heterocycles. The SMILES string of the molecule is Cc1cc(NC(C)c2ncn[nH]2)c(Br)cc1N. The van der Waals surface area contributed by atoms with Gasteiger partial charge in [0.25, 0.3) is 0 Å². The molecule has 0 aliphatic carbocycles. The molecule has 0 fully saturated rings. The highest BCUT2D eigenvalue weighted by molar-refractivity contribution is 9.10.